The maximum Gasteiger partial charge on any atom is 0.338 e. The molecular formula is C25H19NO5. The molecule has 3 aromatic rings. The number of ether oxygens (including phenoxy) is 1. The highest BCUT2D eigenvalue weighted by molar-refractivity contribution is 6.34. The number of nitrogens with zero attached hydrogens (tertiary/aromatic N) is 1. The molecule has 0 radical (unpaired) electrons. The lowest BCUT2D eigenvalue weighted by molar-refractivity contribution is 0.0474. The third-order valence-electron chi connectivity index (χ3n) is 5.18. The van der Waals surface area contributed by atoms with Crippen LogP contribution < -0.4 is 4.90 Å². The molecule has 4 rings (SSSR count). The lowest BCUT2D eigenvalue weighted by Gasteiger charge is -2.14. The summed E-state index contributed by atoms with van der Waals surface area (Å²) in [5.41, 5.74) is 3.56. The molecule has 3 aromatic carbocycles. The minimum Gasteiger partial charge on any atom is -0.454 e. The van der Waals surface area contributed by atoms with E-state index >= 15 is 0 Å². The first-order valence-corrected chi connectivity index (χ1v) is 9.72. The SMILES string of the molecule is Cc1ccc(C)c(C(=O)COC(=O)c2ccc(N3C(=O)c4ccccc4C3=O)cc2)c1. The van der Waals surface area contributed by atoms with E-state index in [9.17, 15) is 19.2 Å². The molecule has 31 heavy (non-hydrogen) atoms. The number of ketones is 1. The standard InChI is InChI=1S/C25H19NO5/c1-15-7-8-16(2)21(13-15)22(27)14-31-25(30)17-9-11-18(12-10-17)26-23(28)19-5-3-4-6-20(19)24(26)29/h3-13H,14H2,1-2H3. The van der Waals surface area contributed by atoms with Crippen LogP contribution in [0.5, 0.6) is 0 Å². The van der Waals surface area contributed by atoms with Crippen molar-refractivity contribution in [2.24, 2.45) is 0 Å². The van der Waals surface area contributed by atoms with Crippen LogP contribution in [0.4, 0.5) is 5.69 Å². The van der Waals surface area contributed by atoms with Crippen molar-refractivity contribution < 1.29 is 23.9 Å². The summed E-state index contributed by atoms with van der Waals surface area (Å²) in [6.07, 6.45) is 0. The zero-order chi connectivity index (χ0) is 22.1. The van der Waals surface area contributed by atoms with Gasteiger partial charge in [-0.1, -0.05) is 29.8 Å². The van der Waals surface area contributed by atoms with Crippen LogP contribution in [0.25, 0.3) is 0 Å². The number of Topliss-reactive ketones (excluding diaryl/α,β-unsaturated/α-hetero) is 1. The molecule has 0 atom stereocenters. The molecule has 6 heteroatoms. The van der Waals surface area contributed by atoms with Crippen LogP contribution in [-0.2, 0) is 4.74 Å². The Labute approximate surface area is 179 Å². The molecular weight excluding hydrogens is 394 g/mol. The van der Waals surface area contributed by atoms with Gasteiger partial charge in [-0.3, -0.25) is 14.4 Å². The Balaban J connectivity index is 1.44. The van der Waals surface area contributed by atoms with Gasteiger partial charge in [-0.15, -0.1) is 0 Å². The maximum atomic E-state index is 12.6. The predicted molar refractivity (Wildman–Crippen MR) is 115 cm³/mol. The van der Waals surface area contributed by atoms with Gasteiger partial charge in [0, 0.05) is 5.56 Å². The molecule has 2 amide bonds. The van der Waals surface area contributed by atoms with Gasteiger partial charge in [-0.05, 0) is 61.9 Å². The van der Waals surface area contributed by atoms with Crippen molar-refractivity contribution in [3.8, 4) is 0 Å². The van der Waals surface area contributed by atoms with E-state index in [-0.39, 0.29) is 18.0 Å². The molecule has 0 aliphatic carbocycles. The van der Waals surface area contributed by atoms with Crippen LogP contribution in [-0.4, -0.2) is 30.2 Å². The Morgan fingerprint density at radius 1 is 0.839 bits per heavy atom. The number of rotatable bonds is 5. The number of fused-ring (bicyclic) bond motifs is 1. The molecule has 1 aliphatic rings. The third-order valence-corrected chi connectivity index (χ3v) is 5.18. The monoisotopic (exact) mass is 413 g/mol. The molecule has 6 nitrogen and oxygen atoms in total. The number of amides is 2. The number of hydrogen-bond acceptors (Lipinski definition) is 5. The lowest BCUT2D eigenvalue weighted by atomic mass is 10.0. The zero-order valence-electron chi connectivity index (χ0n) is 17.0. The van der Waals surface area contributed by atoms with E-state index in [1.54, 1.807) is 30.3 Å². The van der Waals surface area contributed by atoms with E-state index in [0.29, 0.717) is 22.4 Å². The van der Waals surface area contributed by atoms with Crippen LogP contribution in [0.1, 0.15) is 52.6 Å². The summed E-state index contributed by atoms with van der Waals surface area (Å²) >= 11 is 0. The minimum absolute atomic E-state index is 0.217. The summed E-state index contributed by atoms with van der Waals surface area (Å²) in [5, 5.41) is 0. The number of benzene rings is 3. The van der Waals surface area contributed by atoms with Gasteiger partial charge in [-0.25, -0.2) is 9.69 Å². The Hall–Kier alpha value is -4.06. The van der Waals surface area contributed by atoms with Crippen LogP contribution in [0.3, 0.4) is 0 Å². The molecule has 154 valence electrons. The fraction of sp³-hybridized carbons (Fsp3) is 0.120. The zero-order valence-corrected chi connectivity index (χ0v) is 17.0. The van der Waals surface area contributed by atoms with Crippen molar-refractivity contribution >= 4 is 29.3 Å². The smallest absolute Gasteiger partial charge is 0.338 e. The van der Waals surface area contributed by atoms with E-state index in [1.807, 2.05) is 26.0 Å². The fourth-order valence-electron chi connectivity index (χ4n) is 3.50. The molecule has 0 fully saturated rings. The molecule has 0 saturated carbocycles. The topological polar surface area (TPSA) is 80.8 Å². The van der Waals surface area contributed by atoms with E-state index in [0.717, 1.165) is 16.0 Å². The van der Waals surface area contributed by atoms with Gasteiger partial charge < -0.3 is 4.74 Å². The largest absolute Gasteiger partial charge is 0.454 e. The van der Waals surface area contributed by atoms with E-state index in [1.165, 1.54) is 24.3 Å². The molecule has 0 spiro atoms. The first-order chi connectivity index (χ1) is 14.9. The van der Waals surface area contributed by atoms with E-state index in [2.05, 4.69) is 0 Å². The average molecular weight is 413 g/mol. The van der Waals surface area contributed by atoms with Crippen LogP contribution >= 0.6 is 0 Å². The summed E-state index contributed by atoms with van der Waals surface area (Å²) in [7, 11) is 0. The van der Waals surface area contributed by atoms with Gasteiger partial charge in [0.15, 0.2) is 6.61 Å². The number of esters is 1. The molecule has 0 unspecified atom stereocenters. The number of anilines is 1. The van der Waals surface area contributed by atoms with Gasteiger partial charge in [0.25, 0.3) is 11.8 Å². The molecule has 0 bridgehead atoms. The molecule has 0 aromatic heterocycles. The van der Waals surface area contributed by atoms with Crippen molar-refractivity contribution in [2.75, 3.05) is 11.5 Å². The fourth-order valence-corrected chi connectivity index (χ4v) is 3.50. The van der Waals surface area contributed by atoms with Crippen LogP contribution in [0.2, 0.25) is 0 Å². The molecule has 1 aliphatic heterocycles. The highest BCUT2D eigenvalue weighted by Crippen LogP contribution is 2.28. The van der Waals surface area contributed by atoms with E-state index < -0.39 is 17.8 Å². The van der Waals surface area contributed by atoms with Crippen molar-refractivity contribution in [2.45, 2.75) is 13.8 Å². The Bertz CT molecular complexity index is 1190. The molecule has 0 N–H and O–H groups in total. The highest BCUT2D eigenvalue weighted by atomic mass is 16.5. The van der Waals surface area contributed by atoms with Crippen LogP contribution in [0.15, 0.2) is 66.7 Å². The predicted octanol–water partition coefficient (Wildman–Crippen LogP) is 4.14. The van der Waals surface area contributed by atoms with Gasteiger partial charge in [-0.2, -0.15) is 0 Å². The van der Waals surface area contributed by atoms with Gasteiger partial charge in [0.2, 0.25) is 5.78 Å². The van der Waals surface area contributed by atoms with Gasteiger partial charge in [0.05, 0.1) is 22.4 Å². The van der Waals surface area contributed by atoms with Crippen molar-refractivity contribution in [3.63, 3.8) is 0 Å². The maximum absolute atomic E-state index is 12.6. The van der Waals surface area contributed by atoms with Crippen molar-refractivity contribution in [1.82, 2.24) is 0 Å². The first kappa shape index (κ1) is 20.2. The summed E-state index contributed by atoms with van der Waals surface area (Å²) in [5.74, 6) is -1.75. The molecule has 0 saturated heterocycles. The second-order valence-electron chi connectivity index (χ2n) is 7.36. The van der Waals surface area contributed by atoms with Crippen molar-refractivity contribution in [3.05, 3.63) is 100 Å². The van der Waals surface area contributed by atoms with Gasteiger partial charge >= 0.3 is 5.97 Å². The Kier molecular flexibility index (Phi) is 5.21. The number of aryl methyl sites for hydroxylation is 2. The van der Waals surface area contributed by atoms with E-state index in [4.69, 9.17) is 4.74 Å². The van der Waals surface area contributed by atoms with Gasteiger partial charge in [0.1, 0.15) is 0 Å². The molecule has 1 heterocycles. The number of imide groups is 1. The number of hydrogen-bond donors (Lipinski definition) is 0. The summed E-state index contributed by atoms with van der Waals surface area (Å²) in [4.78, 5) is 51.0. The van der Waals surface area contributed by atoms with Crippen molar-refractivity contribution in [1.29, 1.82) is 0 Å². The highest BCUT2D eigenvalue weighted by Gasteiger charge is 2.36. The normalized spacial score (nSPS) is 12.6. The number of carbonyl (C=O) groups is 4. The third kappa shape index (κ3) is 3.75. The average Bonchev–Trinajstić information content (AvgIpc) is 3.04. The summed E-state index contributed by atoms with van der Waals surface area (Å²) in [6.45, 7) is 3.34. The second-order valence-corrected chi connectivity index (χ2v) is 7.36. The summed E-state index contributed by atoms with van der Waals surface area (Å²) < 4.78 is 5.16. The Morgan fingerprint density at radius 2 is 1.45 bits per heavy atom. The summed E-state index contributed by atoms with van der Waals surface area (Å²) in [6, 6.07) is 18.1. The lowest BCUT2D eigenvalue weighted by Crippen LogP contribution is -2.29. The van der Waals surface area contributed by atoms with Crippen LogP contribution in [0, 0.1) is 13.8 Å². The Morgan fingerprint density at radius 3 is 2.06 bits per heavy atom. The number of carbonyl (C=O) groups excluding carboxylic acids is 4. The minimum atomic E-state index is -0.660. The quantitative estimate of drug-likeness (QED) is 0.357. The first-order valence-electron chi connectivity index (χ1n) is 9.72. The second kappa shape index (κ2) is 7.99.